The van der Waals surface area contributed by atoms with Gasteiger partial charge in [0.05, 0.1) is 0 Å². The van der Waals surface area contributed by atoms with E-state index >= 15 is 0 Å². The molecule has 1 aromatic carbocycles. The van der Waals surface area contributed by atoms with Crippen molar-refractivity contribution in [3.8, 4) is 5.75 Å². The summed E-state index contributed by atoms with van der Waals surface area (Å²) in [5.74, 6) is -0.314. The van der Waals surface area contributed by atoms with Crippen molar-refractivity contribution in [2.75, 3.05) is 0 Å². The average Bonchev–Trinajstić information content (AvgIpc) is 1.78. The molecule has 0 spiro atoms. The molecule has 0 saturated carbocycles. The molecule has 1 N–H and O–H groups in total. The zero-order chi connectivity index (χ0) is 10.2. The summed E-state index contributed by atoms with van der Waals surface area (Å²) < 4.78 is 23.1. The lowest BCUT2D eigenvalue weighted by Crippen LogP contribution is -1.95. The SMILES string of the molecule is O=S(=O)(Cl)c1c(O)cc(I)cc1I. The maximum Gasteiger partial charge on any atom is 0.266 e. The maximum atomic E-state index is 11.0. The van der Waals surface area contributed by atoms with Gasteiger partial charge in [-0.3, -0.25) is 0 Å². The predicted molar refractivity (Wildman–Crippen MR) is 66.6 cm³/mol. The van der Waals surface area contributed by atoms with Crippen LogP contribution in [-0.4, -0.2) is 13.5 Å². The number of phenols is 1. The number of rotatable bonds is 1. The van der Waals surface area contributed by atoms with Gasteiger partial charge >= 0.3 is 0 Å². The molecule has 0 saturated heterocycles. The predicted octanol–water partition coefficient (Wildman–Crippen LogP) is 2.53. The Morgan fingerprint density at radius 3 is 2.23 bits per heavy atom. The van der Waals surface area contributed by atoms with Crippen molar-refractivity contribution in [2.24, 2.45) is 0 Å². The zero-order valence-corrected chi connectivity index (χ0v) is 11.8. The molecule has 0 fully saturated rings. The van der Waals surface area contributed by atoms with Gasteiger partial charge in [0.1, 0.15) is 10.6 Å². The fraction of sp³-hybridized carbons (Fsp3) is 0. The fourth-order valence-corrected chi connectivity index (χ4v) is 4.95. The third-order valence-electron chi connectivity index (χ3n) is 1.23. The lowest BCUT2D eigenvalue weighted by molar-refractivity contribution is 0.458. The van der Waals surface area contributed by atoms with Gasteiger partial charge in [0.2, 0.25) is 0 Å². The molecule has 72 valence electrons. The van der Waals surface area contributed by atoms with E-state index in [0.29, 0.717) is 3.57 Å². The first kappa shape index (κ1) is 11.8. The second-order valence-electron chi connectivity index (χ2n) is 2.17. The molecule has 13 heavy (non-hydrogen) atoms. The van der Waals surface area contributed by atoms with Crippen LogP contribution < -0.4 is 0 Å². The van der Waals surface area contributed by atoms with Crippen molar-refractivity contribution in [3.05, 3.63) is 19.3 Å². The average molecular weight is 444 g/mol. The van der Waals surface area contributed by atoms with Crippen molar-refractivity contribution in [3.63, 3.8) is 0 Å². The highest BCUT2D eigenvalue weighted by Crippen LogP contribution is 2.32. The van der Waals surface area contributed by atoms with Crippen LogP contribution in [0.25, 0.3) is 0 Å². The molecule has 0 atom stereocenters. The van der Waals surface area contributed by atoms with E-state index in [-0.39, 0.29) is 10.6 Å². The van der Waals surface area contributed by atoms with Crippen LogP contribution in [0.1, 0.15) is 0 Å². The first-order valence-corrected chi connectivity index (χ1v) is 7.41. The van der Waals surface area contributed by atoms with Crippen molar-refractivity contribution >= 4 is 64.9 Å². The van der Waals surface area contributed by atoms with E-state index in [0.717, 1.165) is 3.57 Å². The van der Waals surface area contributed by atoms with Gasteiger partial charge in [-0.25, -0.2) is 8.42 Å². The summed E-state index contributed by atoms with van der Waals surface area (Å²) in [6.07, 6.45) is 0. The van der Waals surface area contributed by atoms with Crippen molar-refractivity contribution in [1.29, 1.82) is 0 Å². The summed E-state index contributed by atoms with van der Waals surface area (Å²) in [5.41, 5.74) is 0. The summed E-state index contributed by atoms with van der Waals surface area (Å²) in [4.78, 5) is -0.227. The molecule has 0 unspecified atom stereocenters. The van der Waals surface area contributed by atoms with Gasteiger partial charge in [0, 0.05) is 17.8 Å². The Kier molecular flexibility index (Phi) is 3.69. The highest BCUT2D eigenvalue weighted by molar-refractivity contribution is 14.1. The van der Waals surface area contributed by atoms with E-state index in [4.69, 9.17) is 10.7 Å². The Balaban J connectivity index is 3.57. The van der Waals surface area contributed by atoms with Crippen LogP contribution in [0.4, 0.5) is 0 Å². The molecule has 0 amide bonds. The van der Waals surface area contributed by atoms with E-state index in [1.165, 1.54) is 6.07 Å². The first-order valence-electron chi connectivity index (χ1n) is 2.95. The molecule has 0 aliphatic carbocycles. The summed E-state index contributed by atoms with van der Waals surface area (Å²) >= 11 is 3.78. The topological polar surface area (TPSA) is 54.4 Å². The molecule has 3 nitrogen and oxygen atoms in total. The lowest BCUT2D eigenvalue weighted by atomic mass is 10.3. The van der Waals surface area contributed by atoms with Crippen LogP contribution in [0, 0.1) is 7.14 Å². The number of phenolic OH excluding ortho intramolecular Hbond substituents is 1. The third kappa shape index (κ3) is 2.83. The van der Waals surface area contributed by atoms with Gasteiger partial charge in [0.15, 0.2) is 0 Å². The third-order valence-corrected chi connectivity index (χ3v) is 4.45. The number of halogens is 3. The minimum Gasteiger partial charge on any atom is -0.506 e. The van der Waals surface area contributed by atoms with Gasteiger partial charge in [-0.05, 0) is 57.3 Å². The maximum absolute atomic E-state index is 11.0. The molecule has 0 aromatic heterocycles. The summed E-state index contributed by atoms with van der Waals surface area (Å²) in [7, 11) is 1.26. The molecule has 0 heterocycles. The number of aromatic hydroxyl groups is 1. The van der Waals surface area contributed by atoms with Crippen LogP contribution in [0.3, 0.4) is 0 Å². The summed E-state index contributed by atoms with van der Waals surface area (Å²) in [5, 5.41) is 9.33. The Morgan fingerprint density at radius 1 is 1.31 bits per heavy atom. The highest BCUT2D eigenvalue weighted by atomic mass is 127. The molecule has 7 heteroatoms. The van der Waals surface area contributed by atoms with Crippen molar-refractivity contribution < 1.29 is 13.5 Å². The van der Waals surface area contributed by atoms with Crippen molar-refractivity contribution in [2.45, 2.75) is 4.90 Å². The quantitative estimate of drug-likeness (QED) is 0.535. The molecular formula is C6H3ClI2O3S. The Hall–Kier alpha value is 0.720. The molecule has 0 radical (unpaired) electrons. The fourth-order valence-electron chi connectivity index (χ4n) is 0.788. The molecule has 0 aliphatic rings. The second-order valence-corrected chi connectivity index (χ2v) is 7.08. The molecule has 1 aromatic rings. The van der Waals surface area contributed by atoms with Crippen LogP contribution in [-0.2, 0) is 9.05 Å². The molecular weight excluding hydrogens is 441 g/mol. The van der Waals surface area contributed by atoms with E-state index < -0.39 is 9.05 Å². The summed E-state index contributed by atoms with van der Waals surface area (Å²) in [6.45, 7) is 0. The standard InChI is InChI=1S/C6H3ClI2O3S/c7-13(11,12)6-4(9)1-3(8)2-5(6)10/h1-2,10H. The first-order chi connectivity index (χ1) is 5.82. The van der Waals surface area contributed by atoms with Crippen LogP contribution in [0.2, 0.25) is 0 Å². The largest absolute Gasteiger partial charge is 0.506 e. The van der Waals surface area contributed by atoms with Gasteiger partial charge in [-0.15, -0.1) is 0 Å². The van der Waals surface area contributed by atoms with Gasteiger partial charge in [-0.2, -0.15) is 0 Å². The number of hydrogen-bond donors (Lipinski definition) is 1. The molecule has 0 bridgehead atoms. The van der Waals surface area contributed by atoms with E-state index in [9.17, 15) is 13.5 Å². The molecule has 1 rings (SSSR count). The minimum atomic E-state index is -3.87. The van der Waals surface area contributed by atoms with Crippen LogP contribution in [0.15, 0.2) is 17.0 Å². The Labute approximate surface area is 107 Å². The Bertz CT molecular complexity index is 420. The monoisotopic (exact) mass is 444 g/mol. The Morgan fingerprint density at radius 2 is 1.85 bits per heavy atom. The minimum absolute atomic E-state index is 0.227. The molecule has 0 aliphatic heterocycles. The normalized spacial score (nSPS) is 11.6. The second kappa shape index (κ2) is 4.07. The van der Waals surface area contributed by atoms with E-state index in [1.807, 2.05) is 45.2 Å². The smallest absolute Gasteiger partial charge is 0.266 e. The van der Waals surface area contributed by atoms with Crippen molar-refractivity contribution in [1.82, 2.24) is 0 Å². The lowest BCUT2D eigenvalue weighted by Gasteiger charge is -2.03. The number of hydrogen-bond acceptors (Lipinski definition) is 3. The van der Waals surface area contributed by atoms with Crippen LogP contribution >= 0.6 is 55.9 Å². The van der Waals surface area contributed by atoms with Crippen LogP contribution in [0.5, 0.6) is 5.75 Å². The van der Waals surface area contributed by atoms with Gasteiger partial charge in [0.25, 0.3) is 9.05 Å². The summed E-state index contributed by atoms with van der Waals surface area (Å²) in [6, 6.07) is 2.97. The van der Waals surface area contributed by atoms with Gasteiger partial charge in [-0.1, -0.05) is 0 Å². The van der Waals surface area contributed by atoms with Gasteiger partial charge < -0.3 is 5.11 Å². The van der Waals surface area contributed by atoms with E-state index in [2.05, 4.69) is 0 Å². The van der Waals surface area contributed by atoms with E-state index in [1.54, 1.807) is 6.07 Å². The highest BCUT2D eigenvalue weighted by Gasteiger charge is 2.19. The zero-order valence-electron chi connectivity index (χ0n) is 5.96. The number of benzene rings is 1.